The van der Waals surface area contributed by atoms with Crippen LogP contribution in [0.15, 0.2) is 12.2 Å². The van der Waals surface area contributed by atoms with Gasteiger partial charge in [0.25, 0.3) is 0 Å². The zero-order chi connectivity index (χ0) is 58.1. The van der Waals surface area contributed by atoms with E-state index in [0.29, 0.717) is 26.1 Å². The Hall–Kier alpha value is -1.32. The minimum absolute atomic E-state index is 0.0172. The van der Waals surface area contributed by atoms with Gasteiger partial charge in [-0.15, -0.1) is 0 Å². The van der Waals surface area contributed by atoms with E-state index in [-0.39, 0.29) is 11.9 Å². The minimum atomic E-state index is 0.0172. The molecule has 0 bridgehead atoms. The highest BCUT2D eigenvalue weighted by molar-refractivity contribution is 5.69. The van der Waals surface area contributed by atoms with Gasteiger partial charge in [0.15, 0.2) is 0 Å². The molecule has 0 saturated carbocycles. The Morgan fingerprint density at radius 2 is 0.350 bits per heavy atom. The molecule has 0 rings (SSSR count). The van der Waals surface area contributed by atoms with Crippen LogP contribution in [0.2, 0.25) is 0 Å². The van der Waals surface area contributed by atoms with Crippen molar-refractivity contribution >= 4 is 11.9 Å². The summed E-state index contributed by atoms with van der Waals surface area (Å²) in [4.78, 5) is 23.9. The number of allylic oxidation sites excluding steroid dienone is 2. The Labute approximate surface area is 505 Å². The summed E-state index contributed by atoms with van der Waals surface area (Å²) in [6.07, 6.45) is 93.1. The summed E-state index contributed by atoms with van der Waals surface area (Å²) in [6, 6.07) is 0. The van der Waals surface area contributed by atoms with Gasteiger partial charge in [-0.3, -0.25) is 9.59 Å². The first kappa shape index (κ1) is 80.7. The van der Waals surface area contributed by atoms with E-state index in [1.165, 1.54) is 379 Å². The Bertz CT molecular complexity index is 1130. The highest BCUT2D eigenvalue weighted by Gasteiger charge is 2.05. The fourth-order valence-corrected chi connectivity index (χ4v) is 11.5. The number of rotatable bonds is 69. The van der Waals surface area contributed by atoms with Crippen LogP contribution in [0.3, 0.4) is 0 Å². The van der Waals surface area contributed by atoms with Crippen molar-refractivity contribution in [3.63, 3.8) is 0 Å². The summed E-state index contributed by atoms with van der Waals surface area (Å²) in [5.41, 5.74) is 0. The first-order chi connectivity index (χ1) is 39.6. The predicted octanol–water partition coefficient (Wildman–Crippen LogP) is 27.4. The molecule has 0 unspecified atom stereocenters. The molecule has 0 fully saturated rings. The standard InChI is InChI=1S/C40H80O2.C36H70O2/c1-3-5-7-9-11-13-15-17-19-21-22-23-24-26-28-30-32-34-36-38-40(41)42-39-37-35-33-31-29-27-25-20-18-16-14-12-10-8-6-4-2;1-3-5-7-9-11-13-15-17-19-21-23-25-27-29-31-33-35-38-36(37)34-32-30-28-26-24-22-20-18-16-14-12-10-8-6-4-2/h3-39H2,1-2H3;18,20H,3-17,19,21-35H2,1-2H3/b;20-18-. The third-order valence-corrected chi connectivity index (χ3v) is 17.1. The van der Waals surface area contributed by atoms with E-state index < -0.39 is 0 Å². The number of unbranched alkanes of at least 4 members (excludes halogenated alkanes) is 59. The second-order valence-corrected chi connectivity index (χ2v) is 25.5. The van der Waals surface area contributed by atoms with Crippen molar-refractivity contribution in [1.29, 1.82) is 0 Å². The van der Waals surface area contributed by atoms with Crippen molar-refractivity contribution in [3.05, 3.63) is 12.2 Å². The van der Waals surface area contributed by atoms with Crippen molar-refractivity contribution in [2.75, 3.05) is 13.2 Å². The molecule has 0 radical (unpaired) electrons. The van der Waals surface area contributed by atoms with Gasteiger partial charge in [0.05, 0.1) is 13.2 Å². The molecular weight excluding hydrogens is 977 g/mol. The van der Waals surface area contributed by atoms with Gasteiger partial charge in [-0.2, -0.15) is 0 Å². The molecule has 0 saturated heterocycles. The number of hydrogen-bond acceptors (Lipinski definition) is 4. The lowest BCUT2D eigenvalue weighted by molar-refractivity contribution is -0.144. The quantitative estimate of drug-likeness (QED) is 0.0346. The van der Waals surface area contributed by atoms with Crippen LogP contribution in [0.1, 0.15) is 451 Å². The largest absolute Gasteiger partial charge is 0.466 e. The first-order valence-corrected chi connectivity index (χ1v) is 37.6. The molecule has 0 heterocycles. The zero-order valence-electron chi connectivity index (χ0n) is 55.9. The maximum absolute atomic E-state index is 12.0. The number of hydrogen-bond donors (Lipinski definition) is 0. The summed E-state index contributed by atoms with van der Waals surface area (Å²) < 4.78 is 10.9. The Balaban J connectivity index is 0. The lowest BCUT2D eigenvalue weighted by Crippen LogP contribution is -2.05. The molecule has 0 aliphatic heterocycles. The molecule has 0 amide bonds. The second-order valence-electron chi connectivity index (χ2n) is 25.5. The van der Waals surface area contributed by atoms with Gasteiger partial charge in [-0.05, 0) is 51.4 Å². The van der Waals surface area contributed by atoms with Crippen LogP contribution >= 0.6 is 0 Å². The third-order valence-electron chi connectivity index (χ3n) is 17.1. The summed E-state index contributed by atoms with van der Waals surface area (Å²) in [7, 11) is 0. The molecule has 478 valence electrons. The van der Waals surface area contributed by atoms with Gasteiger partial charge in [-0.25, -0.2) is 0 Å². The number of esters is 2. The topological polar surface area (TPSA) is 52.6 Å². The molecular formula is C76H150O4. The Morgan fingerprint density at radius 1 is 0.200 bits per heavy atom. The smallest absolute Gasteiger partial charge is 0.305 e. The van der Waals surface area contributed by atoms with Crippen molar-refractivity contribution < 1.29 is 19.1 Å². The Kier molecular flexibility index (Phi) is 78.4. The number of ether oxygens (including phenoxy) is 2. The maximum atomic E-state index is 12.0. The summed E-state index contributed by atoms with van der Waals surface area (Å²) in [6.45, 7) is 10.4. The van der Waals surface area contributed by atoms with Gasteiger partial charge < -0.3 is 9.47 Å². The van der Waals surface area contributed by atoms with Gasteiger partial charge in [0, 0.05) is 12.8 Å². The summed E-state index contributed by atoms with van der Waals surface area (Å²) >= 11 is 0. The van der Waals surface area contributed by atoms with E-state index in [1.807, 2.05) is 0 Å². The minimum Gasteiger partial charge on any atom is -0.466 e. The fraction of sp³-hybridized carbons (Fsp3) is 0.947. The van der Waals surface area contributed by atoms with Crippen LogP contribution in [0, 0.1) is 0 Å². The molecule has 0 aliphatic carbocycles. The van der Waals surface area contributed by atoms with Gasteiger partial charge in [-0.1, -0.05) is 399 Å². The SMILES string of the molecule is CCCCCCCC/C=C\CCCCCCCC(=O)OCCCCCCCCCCCCCCCCCC.CCCCCCCCCCCCCCCCCCCCCC(=O)OCCCCCCCCCCCCCCCCCC. The molecule has 0 aromatic carbocycles. The lowest BCUT2D eigenvalue weighted by atomic mass is 10.0. The molecule has 0 aliphatic rings. The lowest BCUT2D eigenvalue weighted by Gasteiger charge is -2.06. The van der Waals surface area contributed by atoms with Crippen LogP contribution in [0.5, 0.6) is 0 Å². The first-order valence-electron chi connectivity index (χ1n) is 37.6. The van der Waals surface area contributed by atoms with Crippen LogP contribution < -0.4 is 0 Å². The second kappa shape index (κ2) is 77.7. The van der Waals surface area contributed by atoms with Crippen LogP contribution in [-0.4, -0.2) is 25.2 Å². The molecule has 0 aromatic heterocycles. The molecule has 0 aromatic rings. The monoisotopic (exact) mass is 1130 g/mol. The molecule has 4 nitrogen and oxygen atoms in total. The molecule has 0 atom stereocenters. The van der Waals surface area contributed by atoms with E-state index >= 15 is 0 Å². The van der Waals surface area contributed by atoms with Crippen molar-refractivity contribution in [2.45, 2.75) is 451 Å². The highest BCUT2D eigenvalue weighted by Crippen LogP contribution is 2.19. The zero-order valence-corrected chi connectivity index (χ0v) is 55.9. The van der Waals surface area contributed by atoms with Crippen LogP contribution in [-0.2, 0) is 19.1 Å². The molecule has 0 spiro atoms. The molecule has 4 heteroatoms. The number of carbonyl (C=O) groups is 2. The van der Waals surface area contributed by atoms with Crippen molar-refractivity contribution in [3.8, 4) is 0 Å². The van der Waals surface area contributed by atoms with Crippen molar-refractivity contribution in [1.82, 2.24) is 0 Å². The highest BCUT2D eigenvalue weighted by atomic mass is 16.5. The van der Waals surface area contributed by atoms with E-state index in [9.17, 15) is 9.59 Å². The third kappa shape index (κ3) is 78.7. The van der Waals surface area contributed by atoms with Crippen LogP contribution in [0.25, 0.3) is 0 Å². The summed E-state index contributed by atoms with van der Waals surface area (Å²) in [5.74, 6) is 0.0477. The average Bonchev–Trinajstić information content (AvgIpc) is 3.46. The van der Waals surface area contributed by atoms with E-state index in [2.05, 4.69) is 39.8 Å². The normalized spacial score (nSPS) is 11.4. The predicted molar refractivity (Wildman–Crippen MR) is 358 cm³/mol. The summed E-state index contributed by atoms with van der Waals surface area (Å²) in [5, 5.41) is 0. The van der Waals surface area contributed by atoms with Gasteiger partial charge in [0.2, 0.25) is 0 Å². The van der Waals surface area contributed by atoms with Crippen molar-refractivity contribution in [2.24, 2.45) is 0 Å². The fourth-order valence-electron chi connectivity index (χ4n) is 11.5. The maximum Gasteiger partial charge on any atom is 0.305 e. The molecule has 80 heavy (non-hydrogen) atoms. The Morgan fingerprint density at radius 3 is 0.537 bits per heavy atom. The molecule has 0 N–H and O–H groups in total. The van der Waals surface area contributed by atoms with E-state index in [0.717, 1.165) is 32.1 Å². The van der Waals surface area contributed by atoms with E-state index in [4.69, 9.17) is 9.47 Å². The van der Waals surface area contributed by atoms with E-state index in [1.54, 1.807) is 0 Å². The number of carbonyl (C=O) groups excluding carboxylic acids is 2. The van der Waals surface area contributed by atoms with Gasteiger partial charge in [0.1, 0.15) is 0 Å². The van der Waals surface area contributed by atoms with Crippen LogP contribution in [0.4, 0.5) is 0 Å². The average molecular weight is 1130 g/mol. The van der Waals surface area contributed by atoms with Gasteiger partial charge >= 0.3 is 11.9 Å².